The summed E-state index contributed by atoms with van der Waals surface area (Å²) in [4.78, 5) is 19.7. The number of nitrogens with one attached hydrogen (secondary N) is 1. The number of aliphatic imine (C=N–C) groups is 1. The lowest BCUT2D eigenvalue weighted by atomic mass is 10.2. The molecule has 9 nitrogen and oxygen atoms in total. The fourth-order valence-electron chi connectivity index (χ4n) is 2.93. The topological polar surface area (TPSA) is 122 Å². The molecule has 0 aliphatic carbocycles. The van der Waals surface area contributed by atoms with E-state index in [1.54, 1.807) is 0 Å². The maximum Gasteiger partial charge on any atom is 0.270 e. The Kier molecular flexibility index (Phi) is 6.56. The third-order valence-electron chi connectivity index (χ3n) is 4.48. The number of rotatable bonds is 7. The maximum absolute atomic E-state index is 11.0. The molecule has 33 heavy (non-hydrogen) atoms. The van der Waals surface area contributed by atoms with E-state index >= 15 is 0 Å². The third kappa shape index (κ3) is 5.31. The standard InChI is InChI=1S/C23H19N5O4S/c1-2-32-18-10-7-16(8-11-18)25-22(23-26-19-5-3-4-6-21(19)33-23)27-24-14-15-13-17(28(30)31)9-12-20(15)29/h3-14,29H,2H2,1H3,(H,25,27)/b24-14+. The lowest BCUT2D eigenvalue weighted by molar-refractivity contribution is -0.384. The Morgan fingerprint density at radius 3 is 2.73 bits per heavy atom. The lowest BCUT2D eigenvalue weighted by Gasteiger charge is -2.05. The van der Waals surface area contributed by atoms with Crippen LogP contribution in [-0.4, -0.2) is 33.7 Å². The first-order valence-corrected chi connectivity index (χ1v) is 10.8. The summed E-state index contributed by atoms with van der Waals surface area (Å²) in [6.07, 6.45) is 1.30. The van der Waals surface area contributed by atoms with Crippen LogP contribution in [0.1, 0.15) is 17.5 Å². The number of para-hydroxylation sites is 1. The van der Waals surface area contributed by atoms with Crippen LogP contribution in [-0.2, 0) is 0 Å². The monoisotopic (exact) mass is 461 g/mol. The number of nitro benzene ring substituents is 1. The van der Waals surface area contributed by atoms with Gasteiger partial charge in [0.2, 0.25) is 0 Å². The molecule has 0 fully saturated rings. The number of ether oxygens (including phenoxy) is 1. The van der Waals surface area contributed by atoms with E-state index in [4.69, 9.17) is 4.74 Å². The van der Waals surface area contributed by atoms with Crippen LogP contribution >= 0.6 is 11.3 Å². The maximum atomic E-state index is 11.0. The van der Waals surface area contributed by atoms with E-state index < -0.39 is 4.92 Å². The van der Waals surface area contributed by atoms with Crippen molar-refractivity contribution < 1.29 is 14.8 Å². The number of benzene rings is 3. The van der Waals surface area contributed by atoms with Gasteiger partial charge < -0.3 is 9.84 Å². The van der Waals surface area contributed by atoms with Crippen LogP contribution in [0.25, 0.3) is 10.2 Å². The molecule has 0 atom stereocenters. The molecule has 0 saturated heterocycles. The van der Waals surface area contributed by atoms with Gasteiger partial charge in [-0.2, -0.15) is 5.10 Å². The highest BCUT2D eigenvalue weighted by molar-refractivity contribution is 7.20. The molecule has 166 valence electrons. The van der Waals surface area contributed by atoms with Gasteiger partial charge in [-0.15, -0.1) is 11.3 Å². The quantitative estimate of drug-likeness (QED) is 0.173. The Balaban J connectivity index is 1.66. The molecule has 0 aliphatic rings. The minimum absolute atomic E-state index is 0.129. The number of hydrogen-bond acceptors (Lipinski definition) is 8. The van der Waals surface area contributed by atoms with Crippen molar-refractivity contribution >= 4 is 45.0 Å². The average Bonchev–Trinajstić information content (AvgIpc) is 3.25. The minimum Gasteiger partial charge on any atom is -0.507 e. The van der Waals surface area contributed by atoms with Crippen LogP contribution in [0, 0.1) is 10.1 Å². The number of phenols is 1. The van der Waals surface area contributed by atoms with Crippen molar-refractivity contribution in [2.24, 2.45) is 10.1 Å². The Morgan fingerprint density at radius 2 is 2.00 bits per heavy atom. The van der Waals surface area contributed by atoms with Crippen LogP contribution in [0.2, 0.25) is 0 Å². The van der Waals surface area contributed by atoms with Crippen molar-refractivity contribution in [3.05, 3.63) is 87.4 Å². The molecule has 10 heteroatoms. The van der Waals surface area contributed by atoms with Crippen LogP contribution in [0.5, 0.6) is 11.5 Å². The van der Waals surface area contributed by atoms with E-state index in [1.807, 2.05) is 55.5 Å². The summed E-state index contributed by atoms with van der Waals surface area (Å²) in [6, 6.07) is 18.7. The zero-order valence-corrected chi connectivity index (χ0v) is 18.3. The highest BCUT2D eigenvalue weighted by Crippen LogP contribution is 2.25. The number of non-ortho nitro benzene ring substituents is 1. The summed E-state index contributed by atoms with van der Waals surface area (Å²) < 4.78 is 6.47. The molecule has 2 N–H and O–H groups in total. The first-order chi connectivity index (χ1) is 16.0. The number of thiazole rings is 1. The van der Waals surface area contributed by atoms with E-state index in [-0.39, 0.29) is 17.0 Å². The summed E-state index contributed by atoms with van der Waals surface area (Å²) in [5, 5.41) is 25.8. The predicted molar refractivity (Wildman–Crippen MR) is 129 cm³/mol. The highest BCUT2D eigenvalue weighted by Gasteiger charge is 2.12. The summed E-state index contributed by atoms with van der Waals surface area (Å²) in [6.45, 7) is 2.48. The smallest absolute Gasteiger partial charge is 0.270 e. The first-order valence-electron chi connectivity index (χ1n) is 9.97. The molecule has 0 spiro atoms. The number of aromatic hydroxyl groups is 1. The molecule has 1 aromatic heterocycles. The number of fused-ring (bicyclic) bond motifs is 1. The number of phenolic OH excluding ortho intramolecular Hbond substituents is 1. The van der Waals surface area contributed by atoms with E-state index in [9.17, 15) is 15.2 Å². The van der Waals surface area contributed by atoms with Gasteiger partial charge in [0.15, 0.2) is 10.8 Å². The molecule has 3 aromatic carbocycles. The van der Waals surface area contributed by atoms with Gasteiger partial charge in [-0.1, -0.05) is 12.1 Å². The molecule has 4 aromatic rings. The summed E-state index contributed by atoms with van der Waals surface area (Å²) in [5.74, 6) is 1.00. The number of hydrazone groups is 1. The number of amidine groups is 1. The van der Waals surface area contributed by atoms with Crippen LogP contribution in [0.3, 0.4) is 0 Å². The fraction of sp³-hybridized carbons (Fsp3) is 0.0870. The van der Waals surface area contributed by atoms with Crippen molar-refractivity contribution in [2.45, 2.75) is 6.92 Å². The molecule has 1 heterocycles. The van der Waals surface area contributed by atoms with Gasteiger partial charge in [-0.25, -0.2) is 9.98 Å². The summed E-state index contributed by atoms with van der Waals surface area (Å²) >= 11 is 1.45. The molecule has 0 amide bonds. The SMILES string of the molecule is CCOc1ccc(N=C(N/N=C/c2cc([N+](=O)[O-])ccc2O)c2nc3ccccc3s2)cc1. The Bertz CT molecular complexity index is 1320. The van der Waals surface area contributed by atoms with Crippen LogP contribution in [0.4, 0.5) is 11.4 Å². The van der Waals surface area contributed by atoms with E-state index in [2.05, 4.69) is 20.5 Å². The number of hydrogen-bond donors (Lipinski definition) is 2. The van der Waals surface area contributed by atoms with Gasteiger partial charge in [0, 0.05) is 17.7 Å². The molecule has 0 radical (unpaired) electrons. The second-order valence-electron chi connectivity index (χ2n) is 6.74. The second-order valence-corrected chi connectivity index (χ2v) is 7.77. The zero-order valence-electron chi connectivity index (χ0n) is 17.5. The first kappa shape index (κ1) is 21.9. The second kappa shape index (κ2) is 9.88. The van der Waals surface area contributed by atoms with Crippen molar-refractivity contribution in [1.82, 2.24) is 10.4 Å². The summed E-state index contributed by atoms with van der Waals surface area (Å²) in [7, 11) is 0. The normalized spacial score (nSPS) is 11.7. The van der Waals surface area contributed by atoms with Crippen LogP contribution in [0.15, 0.2) is 76.8 Å². The van der Waals surface area contributed by atoms with Crippen LogP contribution < -0.4 is 10.2 Å². The average molecular weight is 462 g/mol. The molecule has 0 aliphatic heterocycles. The summed E-state index contributed by atoms with van der Waals surface area (Å²) in [5.41, 5.74) is 4.40. The lowest BCUT2D eigenvalue weighted by Crippen LogP contribution is -2.18. The largest absolute Gasteiger partial charge is 0.507 e. The predicted octanol–water partition coefficient (Wildman–Crippen LogP) is 5.01. The van der Waals surface area contributed by atoms with E-state index in [0.717, 1.165) is 16.0 Å². The molecule has 0 bridgehead atoms. The van der Waals surface area contributed by atoms with Crippen molar-refractivity contribution in [3.8, 4) is 11.5 Å². The van der Waals surface area contributed by atoms with Gasteiger partial charge in [-0.05, 0) is 49.4 Å². The molecular formula is C23H19N5O4S. The van der Waals surface area contributed by atoms with Gasteiger partial charge in [-0.3, -0.25) is 15.5 Å². The minimum atomic E-state index is -0.538. The highest BCUT2D eigenvalue weighted by atomic mass is 32.1. The Labute approximate surface area is 192 Å². The molecule has 0 saturated carbocycles. The van der Waals surface area contributed by atoms with E-state index in [0.29, 0.717) is 23.1 Å². The molecule has 4 rings (SSSR count). The molecular weight excluding hydrogens is 442 g/mol. The van der Waals surface area contributed by atoms with E-state index in [1.165, 1.54) is 35.8 Å². The fourth-order valence-corrected chi connectivity index (χ4v) is 3.83. The van der Waals surface area contributed by atoms with Crippen molar-refractivity contribution in [1.29, 1.82) is 0 Å². The van der Waals surface area contributed by atoms with Gasteiger partial charge in [0.1, 0.15) is 11.5 Å². The van der Waals surface area contributed by atoms with Gasteiger partial charge in [0.05, 0.1) is 33.6 Å². The number of nitrogens with zero attached hydrogens (tertiary/aromatic N) is 4. The third-order valence-corrected chi connectivity index (χ3v) is 5.52. The zero-order chi connectivity index (χ0) is 23.2. The van der Waals surface area contributed by atoms with Crippen molar-refractivity contribution in [2.75, 3.05) is 6.61 Å². The molecule has 0 unspecified atom stereocenters. The van der Waals surface area contributed by atoms with Crippen molar-refractivity contribution in [3.63, 3.8) is 0 Å². The van der Waals surface area contributed by atoms with Gasteiger partial charge >= 0.3 is 0 Å². The van der Waals surface area contributed by atoms with Gasteiger partial charge in [0.25, 0.3) is 5.69 Å². The number of aromatic nitrogens is 1. The Hall–Kier alpha value is -4.31. The number of nitro groups is 1. The Morgan fingerprint density at radius 1 is 1.21 bits per heavy atom.